The van der Waals surface area contributed by atoms with Crippen LogP contribution in [0, 0.1) is 11.3 Å². The summed E-state index contributed by atoms with van der Waals surface area (Å²) in [7, 11) is -4.81. The molecule has 1 aliphatic heterocycles. The van der Waals surface area contributed by atoms with E-state index in [1.54, 1.807) is 0 Å². The molecule has 0 unspecified atom stereocenters. The van der Waals surface area contributed by atoms with E-state index in [0.717, 1.165) is 35.5 Å². The second-order valence-corrected chi connectivity index (χ2v) is 12.5. The van der Waals surface area contributed by atoms with E-state index >= 15 is 0 Å². The highest BCUT2D eigenvalue weighted by Gasteiger charge is 2.62. The molecule has 3 aromatic rings. The fourth-order valence-electron chi connectivity index (χ4n) is 4.76. The molecule has 1 aromatic carbocycles. The molecule has 1 N–H and O–H groups in total. The van der Waals surface area contributed by atoms with E-state index in [1.165, 1.54) is 42.9 Å². The van der Waals surface area contributed by atoms with Gasteiger partial charge in [0.15, 0.2) is 5.82 Å². The van der Waals surface area contributed by atoms with Crippen molar-refractivity contribution in [3.8, 4) is 17.4 Å². The third kappa shape index (κ3) is 5.69. The molecule has 1 saturated heterocycles. The number of pyridine rings is 1. The third-order valence-corrected chi connectivity index (χ3v) is 9.05. The van der Waals surface area contributed by atoms with E-state index in [4.69, 9.17) is 11.6 Å². The van der Waals surface area contributed by atoms with E-state index in [-0.39, 0.29) is 48.9 Å². The van der Waals surface area contributed by atoms with E-state index in [9.17, 15) is 31.5 Å². The highest BCUT2D eigenvalue weighted by molar-refractivity contribution is 7.89. The summed E-state index contributed by atoms with van der Waals surface area (Å²) in [6, 6.07) is 8.28. The number of hydrogen-bond acceptors (Lipinski definition) is 8. The van der Waals surface area contributed by atoms with Crippen molar-refractivity contribution in [3.05, 3.63) is 60.4 Å². The summed E-state index contributed by atoms with van der Waals surface area (Å²) in [6.07, 6.45) is -4.39. The van der Waals surface area contributed by atoms with Crippen LogP contribution in [0.3, 0.4) is 0 Å². The molecule has 1 saturated carbocycles. The summed E-state index contributed by atoms with van der Waals surface area (Å²) in [5.74, 6) is -2.86. The number of nitrogens with zero attached hydrogens (tertiary/aromatic N) is 5. The predicted octanol–water partition coefficient (Wildman–Crippen LogP) is 4.95. The number of alkyl halides is 3. The molecule has 10 nitrogen and oxygen atoms in total. The van der Waals surface area contributed by atoms with Gasteiger partial charge in [-0.2, -0.15) is 31.0 Å². The van der Waals surface area contributed by atoms with Crippen molar-refractivity contribution in [2.75, 3.05) is 13.2 Å². The first-order chi connectivity index (χ1) is 21.6. The monoisotopic (exact) mass is 612 g/mol. The molecular weight excluding hydrogens is 575 g/mol. The molecular formula is C28H32F3N5O5S. The normalized spacial score (nSPS) is 23.2. The molecule has 226 valence electrons. The van der Waals surface area contributed by atoms with Crippen LogP contribution in [0.4, 0.5) is 13.2 Å². The highest BCUT2D eigenvalue weighted by Crippen LogP contribution is 2.59. The lowest BCUT2D eigenvalue weighted by Gasteiger charge is -2.39. The molecule has 2 aromatic heterocycles. The summed E-state index contributed by atoms with van der Waals surface area (Å²) in [5.41, 5.74) is -3.79. The number of phenols is 1. The Balaban J connectivity index is 1.42. The fraction of sp³-hybridized carbons (Fsp3) is 0.464. The lowest BCUT2D eigenvalue weighted by molar-refractivity contribution is -0.190. The zero-order valence-electron chi connectivity index (χ0n) is 27.7. The minimum absolute atomic E-state index is 0.0467. The number of phenolic OH excluding ortho intramolecular Hbond substituents is 1. The Morgan fingerprint density at radius 2 is 1.93 bits per heavy atom. The predicted molar refractivity (Wildman–Crippen MR) is 145 cm³/mol. The third-order valence-electron chi connectivity index (χ3n) is 7.36. The van der Waals surface area contributed by atoms with E-state index in [1.807, 2.05) is 0 Å². The van der Waals surface area contributed by atoms with Crippen LogP contribution in [0.5, 0.6) is 11.6 Å². The molecule has 0 spiro atoms. The maximum Gasteiger partial charge on any atom is 0.394 e. The fourth-order valence-corrected chi connectivity index (χ4v) is 6.30. The molecule has 0 bridgehead atoms. The Hall–Kier alpha value is -3.65. The topological polar surface area (TPSA) is 118 Å². The van der Waals surface area contributed by atoms with Gasteiger partial charge in [-0.25, -0.2) is 9.67 Å². The second kappa shape index (κ2) is 10.6. The average molecular weight is 613 g/mol. The Bertz CT molecular complexity index is 1750. The smallest absolute Gasteiger partial charge is 0.394 e. The summed E-state index contributed by atoms with van der Waals surface area (Å²) in [4.78, 5) is 17.8. The van der Waals surface area contributed by atoms with Gasteiger partial charge in [0.25, 0.3) is 15.9 Å². The molecule has 0 radical (unpaired) electrons. The van der Waals surface area contributed by atoms with Crippen LogP contribution in [-0.4, -0.2) is 68.5 Å². The first kappa shape index (κ1) is 23.9. The van der Waals surface area contributed by atoms with Crippen LogP contribution in [-0.2, 0) is 10.0 Å². The standard InChI is InChI=1S/C28H32F3N5O5S/c1-19-16-26(2,3)35(18-19)36(42(39,40)22-7-5-21(37)6-8-22)25(38)20-4-9-23(32-17-20)34-14-10-24(33-34)41-15-13-27(11-12-27)28(29,30)31/h4-10,14,17,19,37H,11-13,15-16,18H2,1-3H3/t19-/m0/s1/i1D3,16D2. The van der Waals surface area contributed by atoms with Gasteiger partial charge in [0, 0.05) is 37.4 Å². The summed E-state index contributed by atoms with van der Waals surface area (Å²) < 4.78 is 116. The first-order valence-corrected chi connectivity index (χ1v) is 14.4. The van der Waals surface area contributed by atoms with E-state index < -0.39 is 63.6 Å². The van der Waals surface area contributed by atoms with Crippen molar-refractivity contribution in [2.45, 2.75) is 62.9 Å². The number of ether oxygens (including phenoxy) is 1. The van der Waals surface area contributed by atoms with E-state index in [0.29, 0.717) is 4.41 Å². The molecule has 14 heteroatoms. The molecule has 2 aliphatic rings. The molecule has 1 aliphatic carbocycles. The minimum atomic E-state index is -4.81. The van der Waals surface area contributed by atoms with Gasteiger partial charge in [-0.1, -0.05) is 6.85 Å². The Morgan fingerprint density at radius 1 is 1.21 bits per heavy atom. The van der Waals surface area contributed by atoms with Gasteiger partial charge in [-0.3, -0.25) is 4.79 Å². The van der Waals surface area contributed by atoms with Crippen molar-refractivity contribution < 1.29 is 43.1 Å². The minimum Gasteiger partial charge on any atom is -0.508 e. The van der Waals surface area contributed by atoms with Crippen molar-refractivity contribution in [1.29, 1.82) is 0 Å². The largest absolute Gasteiger partial charge is 0.508 e. The number of sulfonamides is 1. The van der Waals surface area contributed by atoms with Crippen LogP contribution in [0.1, 0.15) is 63.5 Å². The van der Waals surface area contributed by atoms with Crippen LogP contribution in [0.2, 0.25) is 0 Å². The number of hydrazine groups is 1. The van der Waals surface area contributed by atoms with Gasteiger partial charge < -0.3 is 9.84 Å². The zero-order valence-corrected chi connectivity index (χ0v) is 23.5. The van der Waals surface area contributed by atoms with Crippen LogP contribution in [0.25, 0.3) is 5.82 Å². The number of carbonyl (C=O) groups is 1. The molecule has 5 rings (SSSR count). The van der Waals surface area contributed by atoms with Crippen LogP contribution < -0.4 is 4.74 Å². The van der Waals surface area contributed by atoms with Gasteiger partial charge >= 0.3 is 6.18 Å². The summed E-state index contributed by atoms with van der Waals surface area (Å²) in [6.45, 7) is -1.07. The number of aromatic nitrogens is 3. The van der Waals surface area contributed by atoms with Gasteiger partial charge in [0.2, 0.25) is 5.88 Å². The maximum absolute atomic E-state index is 14.0. The lowest BCUT2D eigenvalue weighted by atomic mass is 9.98. The lowest BCUT2D eigenvalue weighted by Crippen LogP contribution is -2.55. The van der Waals surface area contributed by atoms with Crippen LogP contribution in [0.15, 0.2) is 59.8 Å². The molecule has 1 atom stereocenters. The molecule has 42 heavy (non-hydrogen) atoms. The molecule has 1 amide bonds. The highest BCUT2D eigenvalue weighted by atomic mass is 32.2. The molecule has 2 fully saturated rings. The number of amides is 1. The van der Waals surface area contributed by atoms with Crippen LogP contribution >= 0.6 is 0 Å². The first-order valence-electron chi connectivity index (χ1n) is 15.5. The Morgan fingerprint density at radius 3 is 2.50 bits per heavy atom. The summed E-state index contributed by atoms with van der Waals surface area (Å²) >= 11 is 0. The SMILES string of the molecule is [2H]C([2H])([2H])[C@@H]1CN(N(C(=O)c2ccc(-n3ccc(OCCC4(C(F)(F)F)CC4)n3)nc2)S(=O)(=O)c2ccc(O)cc2)C(C)(C)C1([2H])[2H]. The van der Waals surface area contributed by atoms with Gasteiger partial charge in [-0.15, -0.1) is 5.10 Å². The number of benzene rings is 1. The number of hydrogen-bond donors (Lipinski definition) is 1. The number of aromatic hydroxyl groups is 1. The average Bonchev–Trinajstić information content (AvgIpc) is 3.58. The zero-order chi connectivity index (χ0) is 34.8. The van der Waals surface area contributed by atoms with E-state index in [2.05, 4.69) is 10.1 Å². The van der Waals surface area contributed by atoms with Crippen molar-refractivity contribution in [3.63, 3.8) is 0 Å². The Labute approximate surface area is 248 Å². The second-order valence-electron chi connectivity index (χ2n) is 10.8. The quantitative estimate of drug-likeness (QED) is 0.361. The van der Waals surface area contributed by atoms with Crippen molar-refractivity contribution in [2.24, 2.45) is 11.3 Å². The number of rotatable bonds is 9. The van der Waals surface area contributed by atoms with Gasteiger partial charge in [0.05, 0.1) is 22.5 Å². The number of halogens is 3. The Kier molecular flexibility index (Phi) is 6.00. The van der Waals surface area contributed by atoms with Crippen molar-refractivity contribution in [1.82, 2.24) is 24.2 Å². The maximum atomic E-state index is 14.0. The van der Waals surface area contributed by atoms with Gasteiger partial charge in [-0.05, 0) is 81.8 Å². The number of carbonyl (C=O) groups excluding carboxylic acids is 1. The summed E-state index contributed by atoms with van der Waals surface area (Å²) in [5, 5.41) is 14.7. The van der Waals surface area contributed by atoms with Gasteiger partial charge in [0.1, 0.15) is 5.75 Å². The molecule has 3 heterocycles. The van der Waals surface area contributed by atoms with Crippen molar-refractivity contribution >= 4 is 15.9 Å².